The monoisotopic (exact) mass is 426 g/mol. The minimum atomic E-state index is -0.0795. The number of piperazine rings is 1. The molecule has 6 nitrogen and oxygen atoms in total. The van der Waals surface area contributed by atoms with Gasteiger partial charge in [-0.3, -0.25) is 4.79 Å². The van der Waals surface area contributed by atoms with Crippen molar-refractivity contribution in [2.75, 3.05) is 31.1 Å². The van der Waals surface area contributed by atoms with E-state index >= 15 is 0 Å². The summed E-state index contributed by atoms with van der Waals surface area (Å²) >= 11 is 3.24. The van der Waals surface area contributed by atoms with Crippen molar-refractivity contribution in [1.82, 2.24) is 14.9 Å². The van der Waals surface area contributed by atoms with E-state index in [-0.39, 0.29) is 5.91 Å². The molecule has 1 saturated heterocycles. The van der Waals surface area contributed by atoms with Crippen LogP contribution in [0.4, 0.5) is 5.82 Å². The van der Waals surface area contributed by atoms with Crippen LogP contribution < -0.4 is 4.90 Å². The Morgan fingerprint density at radius 2 is 1.78 bits per heavy atom. The molecule has 0 bridgehead atoms. The molecule has 0 N–H and O–H groups in total. The van der Waals surface area contributed by atoms with E-state index in [9.17, 15) is 4.79 Å². The molecule has 27 heavy (non-hydrogen) atoms. The third-order valence-electron chi connectivity index (χ3n) is 4.57. The fraction of sp³-hybridized carbons (Fsp3) is 0.250. The van der Waals surface area contributed by atoms with Crippen LogP contribution in [0.5, 0.6) is 0 Å². The van der Waals surface area contributed by atoms with E-state index < -0.39 is 0 Å². The number of hydrogen-bond acceptors (Lipinski definition) is 5. The molecule has 0 aliphatic carbocycles. The SMILES string of the molecule is Cc1nc(-c2ccccc2)cc(N2CCN(C(=O)c3ccc(Br)o3)CC2)n1. The number of anilines is 1. The van der Waals surface area contributed by atoms with Crippen LogP contribution in [0.3, 0.4) is 0 Å². The summed E-state index contributed by atoms with van der Waals surface area (Å²) in [5.41, 5.74) is 1.98. The summed E-state index contributed by atoms with van der Waals surface area (Å²) in [4.78, 5) is 25.7. The van der Waals surface area contributed by atoms with Crippen molar-refractivity contribution >= 4 is 27.7 Å². The fourth-order valence-electron chi connectivity index (χ4n) is 3.19. The second-order valence-corrected chi connectivity index (χ2v) is 7.19. The van der Waals surface area contributed by atoms with Gasteiger partial charge in [0.05, 0.1) is 5.69 Å². The lowest BCUT2D eigenvalue weighted by Crippen LogP contribution is -2.49. The molecule has 0 radical (unpaired) electrons. The maximum absolute atomic E-state index is 12.5. The molecule has 0 unspecified atom stereocenters. The molecule has 1 amide bonds. The summed E-state index contributed by atoms with van der Waals surface area (Å²) in [5, 5.41) is 0. The van der Waals surface area contributed by atoms with Gasteiger partial charge in [0.1, 0.15) is 11.6 Å². The predicted octanol–water partition coefficient (Wildman–Crippen LogP) is 3.77. The first-order valence-corrected chi connectivity index (χ1v) is 9.60. The third-order valence-corrected chi connectivity index (χ3v) is 5.00. The van der Waals surface area contributed by atoms with Crippen LogP contribution in [-0.4, -0.2) is 47.0 Å². The van der Waals surface area contributed by atoms with Gasteiger partial charge in [0.2, 0.25) is 0 Å². The number of furan rings is 1. The molecule has 1 aliphatic heterocycles. The van der Waals surface area contributed by atoms with E-state index in [0.29, 0.717) is 23.5 Å². The number of carbonyl (C=O) groups is 1. The average Bonchev–Trinajstić information content (AvgIpc) is 3.14. The summed E-state index contributed by atoms with van der Waals surface area (Å²) < 4.78 is 5.95. The van der Waals surface area contributed by atoms with Crippen LogP contribution in [0.2, 0.25) is 0 Å². The Morgan fingerprint density at radius 1 is 1.04 bits per heavy atom. The van der Waals surface area contributed by atoms with Crippen molar-refractivity contribution in [2.45, 2.75) is 6.92 Å². The minimum absolute atomic E-state index is 0.0795. The fourth-order valence-corrected chi connectivity index (χ4v) is 3.50. The molecule has 2 aromatic heterocycles. The van der Waals surface area contributed by atoms with E-state index in [1.807, 2.05) is 48.2 Å². The zero-order valence-corrected chi connectivity index (χ0v) is 16.5. The first-order valence-electron chi connectivity index (χ1n) is 8.81. The van der Waals surface area contributed by atoms with Gasteiger partial charge in [-0.15, -0.1) is 0 Å². The molecular formula is C20H19BrN4O2. The number of carbonyl (C=O) groups excluding carboxylic acids is 1. The number of amides is 1. The van der Waals surface area contributed by atoms with Crippen LogP contribution in [0.25, 0.3) is 11.3 Å². The maximum atomic E-state index is 12.5. The second-order valence-electron chi connectivity index (χ2n) is 6.41. The van der Waals surface area contributed by atoms with Gasteiger partial charge < -0.3 is 14.2 Å². The van der Waals surface area contributed by atoms with Crippen LogP contribution in [0, 0.1) is 6.92 Å². The minimum Gasteiger partial charge on any atom is -0.444 e. The number of hydrogen-bond donors (Lipinski definition) is 0. The summed E-state index contributed by atoms with van der Waals surface area (Å²) in [7, 11) is 0. The van der Waals surface area contributed by atoms with Gasteiger partial charge in [0, 0.05) is 37.8 Å². The van der Waals surface area contributed by atoms with Gasteiger partial charge in [-0.2, -0.15) is 0 Å². The van der Waals surface area contributed by atoms with Crippen molar-refractivity contribution in [3.05, 3.63) is 64.8 Å². The quantitative estimate of drug-likeness (QED) is 0.637. The summed E-state index contributed by atoms with van der Waals surface area (Å²) in [6.45, 7) is 4.60. The molecule has 3 heterocycles. The van der Waals surface area contributed by atoms with Crippen LogP contribution in [0.1, 0.15) is 16.4 Å². The smallest absolute Gasteiger partial charge is 0.289 e. The number of rotatable bonds is 3. The van der Waals surface area contributed by atoms with Crippen LogP contribution in [-0.2, 0) is 0 Å². The van der Waals surface area contributed by atoms with Crippen LogP contribution in [0.15, 0.2) is 57.6 Å². The van der Waals surface area contributed by atoms with Gasteiger partial charge in [0.25, 0.3) is 5.91 Å². The van der Waals surface area contributed by atoms with E-state index in [4.69, 9.17) is 4.42 Å². The lowest BCUT2D eigenvalue weighted by Gasteiger charge is -2.35. The Kier molecular flexibility index (Phi) is 4.94. The number of aryl methyl sites for hydroxylation is 1. The van der Waals surface area contributed by atoms with Crippen molar-refractivity contribution in [1.29, 1.82) is 0 Å². The Morgan fingerprint density at radius 3 is 2.44 bits per heavy atom. The Balaban J connectivity index is 1.48. The molecule has 1 fully saturated rings. The standard InChI is InChI=1S/C20H19BrN4O2/c1-14-22-16(15-5-3-2-4-6-15)13-19(23-14)24-9-11-25(12-10-24)20(26)17-7-8-18(21)27-17/h2-8,13H,9-12H2,1H3. The number of benzene rings is 1. The van der Waals surface area contributed by atoms with Gasteiger partial charge in [-0.1, -0.05) is 30.3 Å². The molecule has 0 spiro atoms. The molecule has 1 aromatic carbocycles. The summed E-state index contributed by atoms with van der Waals surface area (Å²) in [6.07, 6.45) is 0. The van der Waals surface area contributed by atoms with Crippen molar-refractivity contribution in [3.8, 4) is 11.3 Å². The lowest BCUT2D eigenvalue weighted by molar-refractivity contribution is 0.0713. The van der Waals surface area contributed by atoms with Crippen LogP contribution >= 0.6 is 15.9 Å². The Bertz CT molecular complexity index is 950. The molecule has 4 rings (SSSR count). The zero-order chi connectivity index (χ0) is 18.8. The summed E-state index contributed by atoms with van der Waals surface area (Å²) in [6, 6.07) is 15.5. The number of nitrogens with zero attached hydrogens (tertiary/aromatic N) is 4. The highest BCUT2D eigenvalue weighted by Crippen LogP contribution is 2.23. The normalized spacial score (nSPS) is 14.4. The maximum Gasteiger partial charge on any atom is 0.289 e. The summed E-state index contributed by atoms with van der Waals surface area (Å²) in [5.74, 6) is 1.92. The molecule has 0 saturated carbocycles. The van der Waals surface area contributed by atoms with Gasteiger partial charge in [-0.05, 0) is 35.0 Å². The zero-order valence-electron chi connectivity index (χ0n) is 14.9. The van der Waals surface area contributed by atoms with Gasteiger partial charge >= 0.3 is 0 Å². The number of halogens is 1. The van der Waals surface area contributed by atoms with Crippen molar-refractivity contribution in [2.24, 2.45) is 0 Å². The molecule has 138 valence electrons. The van der Waals surface area contributed by atoms with Crippen molar-refractivity contribution in [3.63, 3.8) is 0 Å². The predicted molar refractivity (Wildman–Crippen MR) is 107 cm³/mol. The molecule has 1 aliphatic rings. The molecule has 0 atom stereocenters. The first-order chi connectivity index (χ1) is 13.1. The number of aromatic nitrogens is 2. The largest absolute Gasteiger partial charge is 0.444 e. The van der Waals surface area contributed by atoms with E-state index in [2.05, 4.69) is 30.8 Å². The van der Waals surface area contributed by atoms with Crippen molar-refractivity contribution < 1.29 is 9.21 Å². The Hall–Kier alpha value is -2.67. The van der Waals surface area contributed by atoms with E-state index in [1.165, 1.54) is 0 Å². The average molecular weight is 427 g/mol. The highest BCUT2D eigenvalue weighted by Gasteiger charge is 2.25. The van der Waals surface area contributed by atoms with E-state index in [0.717, 1.165) is 36.0 Å². The second kappa shape index (κ2) is 7.52. The molecule has 3 aromatic rings. The topological polar surface area (TPSA) is 62.5 Å². The van der Waals surface area contributed by atoms with Gasteiger partial charge in [0.15, 0.2) is 10.4 Å². The highest BCUT2D eigenvalue weighted by molar-refractivity contribution is 9.10. The third kappa shape index (κ3) is 3.88. The van der Waals surface area contributed by atoms with Gasteiger partial charge in [-0.25, -0.2) is 9.97 Å². The molecule has 7 heteroatoms. The van der Waals surface area contributed by atoms with E-state index in [1.54, 1.807) is 12.1 Å². The highest BCUT2D eigenvalue weighted by atomic mass is 79.9. The first kappa shape index (κ1) is 17.7. The Labute approximate surface area is 166 Å². The lowest BCUT2D eigenvalue weighted by atomic mass is 10.1. The molecular weight excluding hydrogens is 408 g/mol.